The van der Waals surface area contributed by atoms with Gasteiger partial charge in [-0.3, -0.25) is 14.6 Å². The number of ether oxygens (including phenoxy) is 2. The monoisotopic (exact) mass is 454 g/mol. The normalized spacial score (nSPS) is 17.5. The van der Waals surface area contributed by atoms with Gasteiger partial charge in [0.15, 0.2) is 5.82 Å². The Morgan fingerprint density at radius 1 is 1.12 bits per heavy atom. The third kappa shape index (κ3) is 3.77. The number of aromatic amines is 1. The van der Waals surface area contributed by atoms with Crippen molar-refractivity contribution in [2.45, 2.75) is 25.4 Å². The highest BCUT2D eigenvalue weighted by Crippen LogP contribution is 2.39. The summed E-state index contributed by atoms with van der Waals surface area (Å²) < 4.78 is 11.8. The van der Waals surface area contributed by atoms with Crippen molar-refractivity contribution < 1.29 is 19.1 Å². The van der Waals surface area contributed by atoms with Crippen LogP contribution in [0.1, 0.15) is 41.3 Å². The molecule has 170 valence electrons. The van der Waals surface area contributed by atoms with Crippen LogP contribution in [-0.2, 0) is 9.53 Å². The zero-order valence-electron chi connectivity index (χ0n) is 18.4. The summed E-state index contributed by atoms with van der Waals surface area (Å²) in [6.45, 7) is 1.62. The highest BCUT2D eigenvalue weighted by Gasteiger charge is 2.29. The van der Waals surface area contributed by atoms with Crippen LogP contribution in [0.15, 0.2) is 60.8 Å². The largest absolute Gasteiger partial charge is 0.457 e. The van der Waals surface area contributed by atoms with Crippen molar-refractivity contribution in [1.82, 2.24) is 19.9 Å². The summed E-state index contributed by atoms with van der Waals surface area (Å²) in [5.74, 6) is 1.62. The topological polar surface area (TPSA) is 97.4 Å². The number of rotatable bonds is 5. The Morgan fingerprint density at radius 2 is 1.97 bits per heavy atom. The first-order valence-electron chi connectivity index (χ1n) is 11.4. The molecule has 4 aromatic rings. The van der Waals surface area contributed by atoms with Gasteiger partial charge in [-0.25, -0.2) is 4.98 Å². The first-order valence-corrected chi connectivity index (χ1v) is 11.4. The van der Waals surface area contributed by atoms with E-state index in [1.165, 1.54) is 0 Å². The number of nitrogens with zero attached hydrogens (tertiary/aromatic N) is 3. The SMILES string of the molecule is O=C1CCC(c2cc3[nH]c(-c4ccccn4)nc3cc2Oc2ccc(C(=O)N3CCC3)cc2)O1. The smallest absolute Gasteiger partial charge is 0.306 e. The first-order chi connectivity index (χ1) is 16.6. The minimum Gasteiger partial charge on any atom is -0.457 e. The molecule has 2 aromatic heterocycles. The highest BCUT2D eigenvalue weighted by atomic mass is 16.6. The molecule has 0 bridgehead atoms. The lowest BCUT2D eigenvalue weighted by Gasteiger charge is -2.30. The maximum atomic E-state index is 12.4. The second-order valence-corrected chi connectivity index (χ2v) is 8.50. The maximum absolute atomic E-state index is 12.4. The van der Waals surface area contributed by atoms with E-state index in [9.17, 15) is 9.59 Å². The average molecular weight is 454 g/mol. The zero-order valence-corrected chi connectivity index (χ0v) is 18.4. The second-order valence-electron chi connectivity index (χ2n) is 8.50. The molecular formula is C26H22N4O4. The molecule has 2 aromatic carbocycles. The number of esters is 1. The summed E-state index contributed by atoms with van der Waals surface area (Å²) in [6.07, 6.45) is 3.35. The van der Waals surface area contributed by atoms with Gasteiger partial charge in [-0.1, -0.05) is 6.07 Å². The van der Waals surface area contributed by atoms with Gasteiger partial charge in [0, 0.05) is 42.9 Å². The van der Waals surface area contributed by atoms with Gasteiger partial charge in [0.2, 0.25) is 0 Å². The summed E-state index contributed by atoms with van der Waals surface area (Å²) in [4.78, 5) is 38.4. The van der Waals surface area contributed by atoms with E-state index in [0.717, 1.165) is 36.3 Å². The Labute approximate surface area is 195 Å². The third-order valence-electron chi connectivity index (χ3n) is 6.22. The quantitative estimate of drug-likeness (QED) is 0.441. The number of pyridine rings is 1. The van der Waals surface area contributed by atoms with Gasteiger partial charge in [0.05, 0.1) is 11.0 Å². The van der Waals surface area contributed by atoms with E-state index in [2.05, 4.69) is 15.0 Å². The van der Waals surface area contributed by atoms with Gasteiger partial charge in [-0.2, -0.15) is 0 Å². The number of aromatic nitrogens is 3. The number of carbonyl (C=O) groups excluding carboxylic acids is 2. The Balaban J connectivity index is 1.34. The average Bonchev–Trinajstić information content (AvgIpc) is 3.44. The Bertz CT molecular complexity index is 1380. The van der Waals surface area contributed by atoms with E-state index in [1.54, 1.807) is 30.5 Å². The molecule has 8 heteroatoms. The van der Waals surface area contributed by atoms with Crippen molar-refractivity contribution in [2.24, 2.45) is 0 Å². The summed E-state index contributed by atoms with van der Waals surface area (Å²) in [5.41, 5.74) is 3.67. The summed E-state index contributed by atoms with van der Waals surface area (Å²) >= 11 is 0. The molecule has 1 atom stereocenters. The fourth-order valence-electron chi connectivity index (χ4n) is 4.26. The Kier molecular flexibility index (Phi) is 4.98. The molecule has 2 fully saturated rings. The molecule has 6 rings (SSSR count). The lowest BCUT2D eigenvalue weighted by molar-refractivity contribution is -0.141. The molecule has 1 unspecified atom stereocenters. The van der Waals surface area contributed by atoms with Gasteiger partial charge >= 0.3 is 5.97 Å². The molecule has 1 N–H and O–H groups in total. The van der Waals surface area contributed by atoms with E-state index in [-0.39, 0.29) is 18.0 Å². The lowest BCUT2D eigenvalue weighted by atomic mass is 10.0. The van der Waals surface area contributed by atoms with Crippen LogP contribution in [0.2, 0.25) is 0 Å². The van der Waals surface area contributed by atoms with Crippen LogP contribution in [0.25, 0.3) is 22.6 Å². The number of hydrogen-bond donors (Lipinski definition) is 1. The highest BCUT2D eigenvalue weighted by molar-refractivity contribution is 5.94. The van der Waals surface area contributed by atoms with E-state index >= 15 is 0 Å². The molecule has 4 heterocycles. The fourth-order valence-corrected chi connectivity index (χ4v) is 4.26. The van der Waals surface area contributed by atoms with Crippen molar-refractivity contribution >= 4 is 22.9 Å². The summed E-state index contributed by atoms with van der Waals surface area (Å²) in [5, 5.41) is 0. The number of benzene rings is 2. The van der Waals surface area contributed by atoms with Crippen molar-refractivity contribution in [3.8, 4) is 23.0 Å². The minimum absolute atomic E-state index is 0.0383. The number of H-pyrrole nitrogens is 1. The first kappa shape index (κ1) is 20.4. The fraction of sp³-hybridized carbons (Fsp3) is 0.231. The number of carbonyl (C=O) groups is 2. The van der Waals surface area contributed by atoms with Crippen LogP contribution in [0.3, 0.4) is 0 Å². The van der Waals surface area contributed by atoms with E-state index in [1.807, 2.05) is 35.2 Å². The summed E-state index contributed by atoms with van der Waals surface area (Å²) in [6, 6.07) is 16.5. The minimum atomic E-state index is -0.388. The van der Waals surface area contributed by atoms with E-state index < -0.39 is 0 Å². The summed E-state index contributed by atoms with van der Waals surface area (Å²) in [7, 11) is 0. The van der Waals surface area contributed by atoms with Crippen molar-refractivity contribution in [2.75, 3.05) is 13.1 Å². The molecule has 8 nitrogen and oxygen atoms in total. The lowest BCUT2D eigenvalue weighted by Crippen LogP contribution is -2.41. The number of cyclic esters (lactones) is 1. The van der Waals surface area contributed by atoms with Crippen LogP contribution in [0.5, 0.6) is 11.5 Å². The number of nitrogens with one attached hydrogen (secondary N) is 1. The van der Waals surface area contributed by atoms with Crippen LogP contribution in [0, 0.1) is 0 Å². The molecule has 2 aliphatic rings. The van der Waals surface area contributed by atoms with Crippen LogP contribution in [0.4, 0.5) is 0 Å². The third-order valence-corrected chi connectivity index (χ3v) is 6.22. The van der Waals surface area contributed by atoms with Crippen molar-refractivity contribution in [3.05, 3.63) is 71.9 Å². The van der Waals surface area contributed by atoms with Gasteiger partial charge in [-0.15, -0.1) is 0 Å². The van der Waals surface area contributed by atoms with Gasteiger partial charge in [0.25, 0.3) is 5.91 Å². The van der Waals surface area contributed by atoms with Crippen molar-refractivity contribution in [3.63, 3.8) is 0 Å². The maximum Gasteiger partial charge on any atom is 0.306 e. The Morgan fingerprint density at radius 3 is 2.65 bits per heavy atom. The standard InChI is InChI=1S/C26H22N4O4/c31-24-10-9-22(34-24)18-14-20-21(29-25(28-20)19-4-1-2-11-27-19)15-23(18)33-17-7-5-16(6-8-17)26(32)30-12-3-13-30/h1-2,4-8,11,14-15,22H,3,9-10,12-13H2,(H,28,29). The predicted molar refractivity (Wildman–Crippen MR) is 124 cm³/mol. The molecular weight excluding hydrogens is 432 g/mol. The Hall–Kier alpha value is -4.20. The molecule has 2 saturated heterocycles. The molecule has 34 heavy (non-hydrogen) atoms. The molecule has 1 amide bonds. The number of hydrogen-bond acceptors (Lipinski definition) is 6. The van der Waals surface area contributed by atoms with Crippen LogP contribution < -0.4 is 4.74 Å². The molecule has 0 saturated carbocycles. The van der Waals surface area contributed by atoms with Crippen LogP contribution in [-0.4, -0.2) is 44.8 Å². The zero-order chi connectivity index (χ0) is 23.1. The molecule has 0 radical (unpaired) electrons. The molecule has 2 aliphatic heterocycles. The number of amides is 1. The second kappa shape index (κ2) is 8.30. The number of imidazole rings is 1. The van der Waals surface area contributed by atoms with Gasteiger partial charge in [-0.05, 0) is 55.3 Å². The van der Waals surface area contributed by atoms with E-state index in [4.69, 9.17) is 9.47 Å². The van der Waals surface area contributed by atoms with Crippen LogP contribution >= 0.6 is 0 Å². The van der Waals surface area contributed by atoms with Gasteiger partial charge < -0.3 is 19.4 Å². The molecule has 0 spiro atoms. The number of fused-ring (bicyclic) bond motifs is 1. The molecule has 0 aliphatic carbocycles. The van der Waals surface area contributed by atoms with E-state index in [0.29, 0.717) is 41.2 Å². The number of likely N-dealkylation sites (tertiary alicyclic amines) is 1. The predicted octanol–water partition coefficient (Wildman–Crippen LogP) is 4.64. The van der Waals surface area contributed by atoms with Gasteiger partial charge in [0.1, 0.15) is 23.3 Å². The van der Waals surface area contributed by atoms with Crippen molar-refractivity contribution in [1.29, 1.82) is 0 Å².